The number of thiol groups is 1. The van der Waals surface area contributed by atoms with Gasteiger partial charge in [0.1, 0.15) is 0 Å². The molecule has 3 nitrogen and oxygen atoms in total. The fraction of sp³-hybridized carbons (Fsp3) is 0.909. The van der Waals surface area contributed by atoms with Crippen LogP contribution in [0.2, 0.25) is 0 Å². The molecule has 0 saturated heterocycles. The van der Waals surface area contributed by atoms with E-state index in [-0.39, 0.29) is 16.2 Å². The molecule has 90 valence electrons. The van der Waals surface area contributed by atoms with Crippen molar-refractivity contribution in [1.29, 1.82) is 0 Å². The molecule has 0 rings (SSSR count). The van der Waals surface area contributed by atoms with Gasteiger partial charge in [0.15, 0.2) is 0 Å². The molecule has 2 amide bonds. The number of carbonyl (C=O) groups excluding carboxylic acids is 1. The molecule has 0 aliphatic carbocycles. The van der Waals surface area contributed by atoms with Gasteiger partial charge < -0.3 is 10.6 Å². The summed E-state index contributed by atoms with van der Waals surface area (Å²) in [6.07, 6.45) is 0.937. The zero-order valence-corrected chi connectivity index (χ0v) is 11.4. The van der Waals surface area contributed by atoms with E-state index in [2.05, 4.69) is 33.4 Å². The number of rotatable bonds is 4. The number of hydrogen-bond donors (Lipinski definition) is 2. The second-order valence-electron chi connectivity index (χ2n) is 5.59. The smallest absolute Gasteiger partial charge is 0.314 e. The van der Waals surface area contributed by atoms with Gasteiger partial charge in [-0.25, -0.2) is 4.79 Å². The lowest BCUT2D eigenvalue weighted by Crippen LogP contribution is -2.44. The average molecular weight is 232 g/mol. The molecule has 2 N–H and O–H groups in total. The fourth-order valence-corrected chi connectivity index (χ4v) is 2.60. The molecule has 0 aromatic carbocycles. The summed E-state index contributed by atoms with van der Waals surface area (Å²) in [5.41, 5.74) is 5.47. The van der Waals surface area contributed by atoms with Crippen molar-refractivity contribution in [2.45, 2.75) is 45.8 Å². The Hall–Kier alpha value is -0.380. The number of primary amides is 1. The molecule has 0 saturated carbocycles. The largest absolute Gasteiger partial charge is 0.351 e. The first-order chi connectivity index (χ1) is 6.57. The molecule has 0 spiro atoms. The van der Waals surface area contributed by atoms with Crippen LogP contribution in [0, 0.1) is 5.41 Å². The third-order valence-electron chi connectivity index (χ3n) is 2.14. The van der Waals surface area contributed by atoms with E-state index in [1.807, 2.05) is 13.8 Å². The van der Waals surface area contributed by atoms with Crippen molar-refractivity contribution in [3.8, 4) is 0 Å². The molecule has 15 heavy (non-hydrogen) atoms. The first-order valence-electron chi connectivity index (χ1n) is 5.34. The maximum absolute atomic E-state index is 11.1. The first kappa shape index (κ1) is 14.6. The van der Waals surface area contributed by atoms with Crippen LogP contribution >= 0.6 is 12.6 Å². The molecule has 0 radical (unpaired) electrons. The minimum Gasteiger partial charge on any atom is -0.351 e. The van der Waals surface area contributed by atoms with E-state index < -0.39 is 0 Å². The Morgan fingerprint density at radius 2 is 1.80 bits per heavy atom. The highest BCUT2D eigenvalue weighted by Crippen LogP contribution is 2.32. The van der Waals surface area contributed by atoms with Gasteiger partial charge in [-0.15, -0.1) is 0 Å². The van der Waals surface area contributed by atoms with Crippen molar-refractivity contribution in [2.24, 2.45) is 11.1 Å². The molecule has 0 aromatic rings. The molecule has 1 unspecified atom stereocenters. The highest BCUT2D eigenvalue weighted by molar-refractivity contribution is 7.81. The third kappa shape index (κ3) is 6.66. The lowest BCUT2D eigenvalue weighted by Gasteiger charge is -2.35. The molecular weight excluding hydrogens is 208 g/mol. The summed E-state index contributed by atoms with van der Waals surface area (Å²) in [6.45, 7) is 11.7. The lowest BCUT2D eigenvalue weighted by molar-refractivity contribution is 0.197. The average Bonchev–Trinajstić information content (AvgIpc) is 1.94. The van der Waals surface area contributed by atoms with E-state index in [1.165, 1.54) is 0 Å². The number of nitrogens with zero attached hydrogens (tertiary/aromatic N) is 1. The normalized spacial score (nSPS) is 15.9. The molecule has 0 aliphatic heterocycles. The topological polar surface area (TPSA) is 46.3 Å². The van der Waals surface area contributed by atoms with Crippen LogP contribution in [0.15, 0.2) is 0 Å². The van der Waals surface area contributed by atoms with Crippen LogP contribution in [-0.4, -0.2) is 28.8 Å². The van der Waals surface area contributed by atoms with Gasteiger partial charge in [0.2, 0.25) is 0 Å². The third-order valence-corrected chi connectivity index (χ3v) is 2.44. The molecule has 0 aromatic heterocycles. The molecule has 4 heteroatoms. The summed E-state index contributed by atoms with van der Waals surface area (Å²) in [4.78, 5) is 12.7. The number of urea groups is 1. The van der Waals surface area contributed by atoms with Crippen LogP contribution in [-0.2, 0) is 0 Å². The molecule has 0 heterocycles. The van der Waals surface area contributed by atoms with E-state index >= 15 is 0 Å². The van der Waals surface area contributed by atoms with Crippen LogP contribution in [0.5, 0.6) is 0 Å². The minimum atomic E-state index is -0.369. The maximum atomic E-state index is 11.1. The van der Waals surface area contributed by atoms with Gasteiger partial charge in [-0.2, -0.15) is 12.6 Å². The van der Waals surface area contributed by atoms with Gasteiger partial charge >= 0.3 is 6.03 Å². The number of amides is 2. The Bertz CT molecular complexity index is 221. The Morgan fingerprint density at radius 3 is 2.07 bits per heavy atom. The molecule has 1 atom stereocenters. The maximum Gasteiger partial charge on any atom is 0.314 e. The van der Waals surface area contributed by atoms with Crippen molar-refractivity contribution in [1.82, 2.24) is 4.90 Å². The van der Waals surface area contributed by atoms with Crippen LogP contribution in [0.4, 0.5) is 4.79 Å². The van der Waals surface area contributed by atoms with Gasteiger partial charge in [0.25, 0.3) is 0 Å². The Labute approximate surface area is 98.8 Å². The van der Waals surface area contributed by atoms with Gasteiger partial charge in [-0.3, -0.25) is 0 Å². The van der Waals surface area contributed by atoms with E-state index in [1.54, 1.807) is 4.90 Å². The van der Waals surface area contributed by atoms with E-state index in [9.17, 15) is 4.79 Å². The molecular formula is C11H24N2OS. The van der Waals surface area contributed by atoms with Gasteiger partial charge in [-0.05, 0) is 25.7 Å². The molecule has 0 fully saturated rings. The van der Waals surface area contributed by atoms with Crippen LogP contribution < -0.4 is 5.73 Å². The van der Waals surface area contributed by atoms with E-state index in [0.717, 1.165) is 6.42 Å². The van der Waals surface area contributed by atoms with Crippen molar-refractivity contribution < 1.29 is 4.79 Å². The zero-order valence-electron chi connectivity index (χ0n) is 10.5. The number of nitrogens with two attached hydrogens (primary N) is 1. The second kappa shape index (κ2) is 5.10. The van der Waals surface area contributed by atoms with Crippen molar-refractivity contribution in [3.05, 3.63) is 0 Å². The van der Waals surface area contributed by atoms with Gasteiger partial charge in [0, 0.05) is 17.8 Å². The van der Waals surface area contributed by atoms with Crippen LogP contribution in [0.3, 0.4) is 0 Å². The summed E-state index contributed by atoms with van der Waals surface area (Å²) in [5, 5.41) is 0. The van der Waals surface area contributed by atoms with Crippen LogP contribution in [0.25, 0.3) is 0 Å². The second-order valence-corrected chi connectivity index (χ2v) is 6.67. The van der Waals surface area contributed by atoms with Crippen LogP contribution in [0.1, 0.15) is 41.0 Å². The fourth-order valence-electron chi connectivity index (χ4n) is 1.96. The van der Waals surface area contributed by atoms with Crippen molar-refractivity contribution in [3.63, 3.8) is 0 Å². The SMILES string of the molecule is CCN(CC(C)(S)CC(C)(C)C)C(N)=O. The zero-order chi connectivity index (χ0) is 12.3. The van der Waals surface area contributed by atoms with E-state index in [4.69, 9.17) is 5.73 Å². The van der Waals surface area contributed by atoms with Gasteiger partial charge in [-0.1, -0.05) is 20.8 Å². The van der Waals surface area contributed by atoms with Crippen molar-refractivity contribution >= 4 is 18.7 Å². The van der Waals surface area contributed by atoms with Gasteiger partial charge in [0.05, 0.1) is 0 Å². The highest BCUT2D eigenvalue weighted by atomic mass is 32.1. The first-order valence-corrected chi connectivity index (χ1v) is 5.79. The highest BCUT2D eigenvalue weighted by Gasteiger charge is 2.29. The van der Waals surface area contributed by atoms with E-state index in [0.29, 0.717) is 13.1 Å². The molecule has 0 aliphatic rings. The molecule has 0 bridgehead atoms. The minimum absolute atomic E-state index is 0.191. The quantitative estimate of drug-likeness (QED) is 0.719. The summed E-state index contributed by atoms with van der Waals surface area (Å²) < 4.78 is -0.191. The lowest BCUT2D eigenvalue weighted by atomic mass is 9.84. The predicted molar refractivity (Wildman–Crippen MR) is 68.3 cm³/mol. The standard InChI is InChI=1S/C11H24N2OS/c1-6-13(9(12)14)8-11(5,15)7-10(2,3)4/h15H,6-8H2,1-5H3,(H2,12,14). The van der Waals surface area contributed by atoms with Crippen molar-refractivity contribution in [2.75, 3.05) is 13.1 Å². The summed E-state index contributed by atoms with van der Waals surface area (Å²) in [5.74, 6) is 0. The summed E-state index contributed by atoms with van der Waals surface area (Å²) in [6, 6.07) is -0.369. The number of hydrogen-bond acceptors (Lipinski definition) is 2. The predicted octanol–water partition coefficient (Wildman–Crippen LogP) is 2.51. The summed E-state index contributed by atoms with van der Waals surface area (Å²) >= 11 is 4.62. The Kier molecular flexibility index (Phi) is 4.97. The summed E-state index contributed by atoms with van der Waals surface area (Å²) in [7, 11) is 0. The number of carbonyl (C=O) groups is 1. The monoisotopic (exact) mass is 232 g/mol. The Morgan fingerprint density at radius 1 is 1.33 bits per heavy atom. The Balaban J connectivity index is 4.41.